The van der Waals surface area contributed by atoms with Crippen LogP contribution in [-0.2, 0) is 4.79 Å². The minimum atomic E-state index is 0.149. The van der Waals surface area contributed by atoms with E-state index in [1.165, 1.54) is 0 Å². The molecular formula is C12H19N5O. The number of hydrogen-bond donors (Lipinski definition) is 1. The third-order valence-corrected chi connectivity index (χ3v) is 3.17. The van der Waals surface area contributed by atoms with Crippen LogP contribution in [0, 0.1) is 0 Å². The first kappa shape index (κ1) is 12.6. The minimum Gasteiger partial charge on any atom is -0.373 e. The highest BCUT2D eigenvalue weighted by atomic mass is 16.2. The summed E-state index contributed by atoms with van der Waals surface area (Å²) in [5.41, 5.74) is 0. The molecule has 1 aliphatic rings. The predicted octanol–water partition coefficient (Wildman–Crippen LogP) is 0.577. The number of hydrogen-bond acceptors (Lipinski definition) is 5. The van der Waals surface area contributed by atoms with Gasteiger partial charge in [-0.05, 0) is 6.42 Å². The molecule has 0 radical (unpaired) electrons. The van der Waals surface area contributed by atoms with E-state index in [1.54, 1.807) is 13.3 Å². The highest BCUT2D eigenvalue weighted by Gasteiger charge is 2.17. The summed E-state index contributed by atoms with van der Waals surface area (Å²) in [6, 6.07) is 1.93. The van der Waals surface area contributed by atoms with Crippen LogP contribution in [0.2, 0.25) is 0 Å². The Morgan fingerprint density at radius 1 is 1.28 bits per heavy atom. The molecule has 1 saturated heterocycles. The van der Waals surface area contributed by atoms with Gasteiger partial charge in [-0.15, -0.1) is 0 Å². The Kier molecular flexibility index (Phi) is 3.96. The van der Waals surface area contributed by atoms with Crippen LogP contribution in [0.5, 0.6) is 0 Å². The molecule has 0 saturated carbocycles. The number of aromatic nitrogens is 2. The lowest BCUT2D eigenvalue weighted by Crippen LogP contribution is -2.33. The summed E-state index contributed by atoms with van der Waals surface area (Å²) in [5, 5.41) is 3.01. The first-order valence-electron chi connectivity index (χ1n) is 6.21. The Morgan fingerprint density at radius 2 is 2.11 bits per heavy atom. The fourth-order valence-electron chi connectivity index (χ4n) is 2.12. The normalized spacial score (nSPS) is 16.3. The number of carbonyl (C=O) groups is 1. The number of anilines is 2. The van der Waals surface area contributed by atoms with Gasteiger partial charge < -0.3 is 15.1 Å². The van der Waals surface area contributed by atoms with Crippen LogP contribution in [0.25, 0.3) is 0 Å². The molecule has 0 spiro atoms. The second kappa shape index (κ2) is 5.66. The summed E-state index contributed by atoms with van der Waals surface area (Å²) in [6.45, 7) is 4.95. The summed E-state index contributed by atoms with van der Waals surface area (Å²) in [5.74, 6) is 1.88. The van der Waals surface area contributed by atoms with Crippen molar-refractivity contribution >= 4 is 17.5 Å². The monoisotopic (exact) mass is 249 g/mol. The molecule has 0 bridgehead atoms. The molecule has 1 N–H and O–H groups in total. The van der Waals surface area contributed by atoms with Gasteiger partial charge in [0.15, 0.2) is 0 Å². The van der Waals surface area contributed by atoms with Crippen molar-refractivity contribution in [3.05, 3.63) is 12.4 Å². The molecule has 98 valence electrons. The average molecular weight is 249 g/mol. The zero-order chi connectivity index (χ0) is 13.0. The zero-order valence-corrected chi connectivity index (χ0v) is 10.9. The lowest BCUT2D eigenvalue weighted by Gasteiger charge is -2.22. The second-order valence-corrected chi connectivity index (χ2v) is 4.36. The van der Waals surface area contributed by atoms with E-state index in [2.05, 4.69) is 20.2 Å². The SMILES string of the molecule is CNc1cc(N2CCCN(C(C)=O)CC2)ncn1. The molecule has 1 aromatic heterocycles. The highest BCUT2D eigenvalue weighted by molar-refractivity contribution is 5.73. The maximum absolute atomic E-state index is 11.4. The quantitative estimate of drug-likeness (QED) is 0.830. The topological polar surface area (TPSA) is 61.4 Å². The van der Waals surface area contributed by atoms with Gasteiger partial charge in [-0.2, -0.15) is 0 Å². The molecule has 6 heteroatoms. The molecule has 1 amide bonds. The van der Waals surface area contributed by atoms with Gasteiger partial charge in [0.05, 0.1) is 0 Å². The molecule has 18 heavy (non-hydrogen) atoms. The van der Waals surface area contributed by atoms with Crippen LogP contribution >= 0.6 is 0 Å². The fraction of sp³-hybridized carbons (Fsp3) is 0.583. The fourth-order valence-corrected chi connectivity index (χ4v) is 2.12. The molecule has 2 rings (SSSR count). The van der Waals surface area contributed by atoms with Crippen molar-refractivity contribution in [3.8, 4) is 0 Å². The molecule has 1 aliphatic heterocycles. The van der Waals surface area contributed by atoms with E-state index in [1.807, 2.05) is 18.0 Å². The van der Waals surface area contributed by atoms with Gasteiger partial charge in [0.25, 0.3) is 0 Å². The van der Waals surface area contributed by atoms with Crippen molar-refractivity contribution in [2.75, 3.05) is 43.4 Å². The van der Waals surface area contributed by atoms with Crippen LogP contribution in [0.3, 0.4) is 0 Å². The maximum atomic E-state index is 11.4. The molecule has 6 nitrogen and oxygen atoms in total. The first-order chi connectivity index (χ1) is 8.70. The van der Waals surface area contributed by atoms with Gasteiger partial charge in [-0.1, -0.05) is 0 Å². The lowest BCUT2D eigenvalue weighted by molar-refractivity contribution is -0.128. The van der Waals surface area contributed by atoms with Crippen molar-refractivity contribution in [2.45, 2.75) is 13.3 Å². The van der Waals surface area contributed by atoms with Crippen LogP contribution < -0.4 is 10.2 Å². The van der Waals surface area contributed by atoms with E-state index >= 15 is 0 Å². The minimum absolute atomic E-state index is 0.149. The maximum Gasteiger partial charge on any atom is 0.219 e. The van der Waals surface area contributed by atoms with E-state index < -0.39 is 0 Å². The largest absolute Gasteiger partial charge is 0.373 e. The molecule has 2 heterocycles. The summed E-state index contributed by atoms with van der Waals surface area (Å²) < 4.78 is 0. The number of rotatable bonds is 2. The summed E-state index contributed by atoms with van der Waals surface area (Å²) in [7, 11) is 1.84. The molecule has 0 aliphatic carbocycles. The van der Waals surface area contributed by atoms with E-state index in [0.717, 1.165) is 44.2 Å². The van der Waals surface area contributed by atoms with Crippen LogP contribution in [0.4, 0.5) is 11.6 Å². The van der Waals surface area contributed by atoms with Crippen LogP contribution in [0.1, 0.15) is 13.3 Å². The van der Waals surface area contributed by atoms with Gasteiger partial charge in [0.2, 0.25) is 5.91 Å². The number of nitrogens with zero attached hydrogens (tertiary/aromatic N) is 4. The standard InChI is InChI=1S/C12H19N5O/c1-10(18)16-4-3-5-17(7-6-16)12-8-11(13-2)14-9-15-12/h8-9H,3-7H2,1-2H3,(H,13,14,15). The smallest absolute Gasteiger partial charge is 0.219 e. The van der Waals surface area contributed by atoms with E-state index in [9.17, 15) is 4.79 Å². The Bertz CT molecular complexity index is 423. The summed E-state index contributed by atoms with van der Waals surface area (Å²) >= 11 is 0. The van der Waals surface area contributed by atoms with Crippen molar-refractivity contribution in [2.24, 2.45) is 0 Å². The van der Waals surface area contributed by atoms with E-state index in [0.29, 0.717) is 0 Å². The number of amides is 1. The molecule has 1 fully saturated rings. The van der Waals surface area contributed by atoms with E-state index in [4.69, 9.17) is 0 Å². The molecule has 1 aromatic rings. The highest BCUT2D eigenvalue weighted by Crippen LogP contribution is 2.15. The van der Waals surface area contributed by atoms with Crippen LogP contribution in [0.15, 0.2) is 12.4 Å². The molecular weight excluding hydrogens is 230 g/mol. The number of carbonyl (C=O) groups excluding carboxylic acids is 1. The Hall–Kier alpha value is -1.85. The van der Waals surface area contributed by atoms with Crippen molar-refractivity contribution in [1.29, 1.82) is 0 Å². The summed E-state index contributed by atoms with van der Waals surface area (Å²) in [6.07, 6.45) is 2.53. The van der Waals surface area contributed by atoms with Crippen molar-refractivity contribution in [1.82, 2.24) is 14.9 Å². The predicted molar refractivity (Wildman–Crippen MR) is 70.7 cm³/mol. The zero-order valence-electron chi connectivity index (χ0n) is 10.9. The van der Waals surface area contributed by atoms with Gasteiger partial charge in [0, 0.05) is 46.2 Å². The third kappa shape index (κ3) is 2.88. The second-order valence-electron chi connectivity index (χ2n) is 4.36. The van der Waals surface area contributed by atoms with Crippen molar-refractivity contribution < 1.29 is 4.79 Å². The molecule has 0 atom stereocenters. The Labute approximate surface area is 107 Å². The Balaban J connectivity index is 2.07. The van der Waals surface area contributed by atoms with Crippen molar-refractivity contribution in [3.63, 3.8) is 0 Å². The third-order valence-electron chi connectivity index (χ3n) is 3.17. The van der Waals surface area contributed by atoms with Gasteiger partial charge >= 0.3 is 0 Å². The van der Waals surface area contributed by atoms with E-state index in [-0.39, 0.29) is 5.91 Å². The molecule has 0 unspecified atom stereocenters. The lowest BCUT2D eigenvalue weighted by atomic mass is 10.3. The number of nitrogens with one attached hydrogen (secondary N) is 1. The van der Waals surface area contributed by atoms with Gasteiger partial charge in [0.1, 0.15) is 18.0 Å². The first-order valence-corrected chi connectivity index (χ1v) is 6.21. The van der Waals surface area contributed by atoms with Crippen LogP contribution in [-0.4, -0.2) is 54.0 Å². The van der Waals surface area contributed by atoms with Gasteiger partial charge in [-0.3, -0.25) is 4.79 Å². The van der Waals surface area contributed by atoms with Gasteiger partial charge in [-0.25, -0.2) is 9.97 Å². The molecule has 0 aromatic carbocycles. The Morgan fingerprint density at radius 3 is 2.83 bits per heavy atom. The summed E-state index contributed by atoms with van der Waals surface area (Å²) in [4.78, 5) is 23.9. The average Bonchev–Trinajstić information content (AvgIpc) is 2.64.